The molecule has 1 aromatic heterocycles. The van der Waals surface area contributed by atoms with Crippen molar-refractivity contribution in [1.29, 1.82) is 0 Å². The minimum absolute atomic E-state index is 0.0889. The lowest BCUT2D eigenvalue weighted by atomic mass is 9.98. The first-order valence-electron chi connectivity index (χ1n) is 10.3. The highest BCUT2D eigenvalue weighted by Crippen LogP contribution is 2.34. The molecule has 6 heteroatoms. The summed E-state index contributed by atoms with van der Waals surface area (Å²) in [7, 11) is 2.21. The predicted octanol–water partition coefficient (Wildman–Crippen LogP) is 3.40. The van der Waals surface area contributed by atoms with Crippen LogP contribution in [0.15, 0.2) is 36.5 Å². The average Bonchev–Trinajstić information content (AvgIpc) is 3.22. The topological polar surface area (TPSA) is 59.4 Å². The molecule has 150 valence electrons. The number of hydrogen-bond acceptors (Lipinski definition) is 4. The van der Waals surface area contributed by atoms with Crippen LogP contribution in [0, 0.1) is 0 Å². The zero-order valence-corrected chi connectivity index (χ0v) is 17.0. The molecular weight excluding hydrogens is 352 g/mol. The number of rotatable bonds is 6. The maximum absolute atomic E-state index is 12.6. The van der Waals surface area contributed by atoms with Crippen molar-refractivity contribution in [2.24, 2.45) is 0 Å². The van der Waals surface area contributed by atoms with Gasteiger partial charge in [0.25, 0.3) is 5.91 Å². The summed E-state index contributed by atoms with van der Waals surface area (Å²) in [4.78, 5) is 15.1. The standard InChI is InChI=1S/C22H30N4O2/c1-15(2)16-4-8-20(9-5-16)28-14-26-11-10-21(24-26)22(27)23-17-12-18-6-7-19(13-17)25(18)3/h4-5,8-11,15,17-19H,6-7,12-14H2,1-3H3,(H,23,27)/t18-,19-/m0/s1. The molecule has 2 fully saturated rings. The van der Waals surface area contributed by atoms with Crippen molar-refractivity contribution < 1.29 is 9.53 Å². The average molecular weight is 383 g/mol. The van der Waals surface area contributed by atoms with Gasteiger partial charge in [0.15, 0.2) is 6.73 Å². The highest BCUT2D eigenvalue weighted by molar-refractivity contribution is 5.92. The normalized spacial score (nSPS) is 24.5. The van der Waals surface area contributed by atoms with E-state index in [0.717, 1.165) is 18.6 Å². The molecule has 0 unspecified atom stereocenters. The third kappa shape index (κ3) is 4.07. The molecule has 2 aromatic rings. The molecule has 4 rings (SSSR count). The van der Waals surface area contributed by atoms with E-state index in [1.54, 1.807) is 16.9 Å². The zero-order chi connectivity index (χ0) is 19.7. The zero-order valence-electron chi connectivity index (χ0n) is 17.0. The second-order valence-corrected chi connectivity index (χ2v) is 8.43. The number of benzene rings is 1. The van der Waals surface area contributed by atoms with Gasteiger partial charge in [-0.25, -0.2) is 4.68 Å². The van der Waals surface area contributed by atoms with Crippen LogP contribution in [0.5, 0.6) is 5.75 Å². The van der Waals surface area contributed by atoms with Crippen molar-refractivity contribution in [2.45, 2.75) is 70.3 Å². The van der Waals surface area contributed by atoms with Crippen LogP contribution in [0.1, 0.15) is 61.5 Å². The Labute approximate surface area is 166 Å². The SMILES string of the molecule is CC(C)c1ccc(OCn2ccc(C(=O)NC3C[C@@H]4CC[C@@H](C3)N4C)n2)cc1. The molecule has 0 saturated carbocycles. The van der Waals surface area contributed by atoms with Gasteiger partial charge in [0.1, 0.15) is 11.4 Å². The first-order chi connectivity index (χ1) is 13.5. The number of amides is 1. The number of nitrogens with one attached hydrogen (secondary N) is 1. The Bertz CT molecular complexity index is 800. The number of aromatic nitrogens is 2. The Morgan fingerprint density at radius 2 is 1.86 bits per heavy atom. The molecule has 1 aromatic carbocycles. The summed E-state index contributed by atoms with van der Waals surface area (Å²) in [5, 5.41) is 7.55. The third-order valence-electron chi connectivity index (χ3n) is 6.22. The van der Waals surface area contributed by atoms with E-state index in [4.69, 9.17) is 4.74 Å². The van der Waals surface area contributed by atoms with Crippen LogP contribution >= 0.6 is 0 Å². The summed E-state index contributed by atoms with van der Waals surface area (Å²) in [5.41, 5.74) is 1.73. The quantitative estimate of drug-likeness (QED) is 0.832. The van der Waals surface area contributed by atoms with Crippen LogP contribution in [0.4, 0.5) is 0 Å². The van der Waals surface area contributed by atoms with Crippen LogP contribution in [-0.4, -0.2) is 45.8 Å². The first kappa shape index (κ1) is 19.0. The lowest BCUT2D eigenvalue weighted by Crippen LogP contribution is -2.48. The monoisotopic (exact) mass is 382 g/mol. The van der Waals surface area contributed by atoms with Crippen molar-refractivity contribution in [3.63, 3.8) is 0 Å². The summed E-state index contributed by atoms with van der Waals surface area (Å²) < 4.78 is 7.44. The van der Waals surface area contributed by atoms with E-state index in [0.29, 0.717) is 23.7 Å². The van der Waals surface area contributed by atoms with Crippen LogP contribution in [0.25, 0.3) is 0 Å². The fourth-order valence-electron chi connectivity index (χ4n) is 4.43. The van der Waals surface area contributed by atoms with Crippen molar-refractivity contribution in [1.82, 2.24) is 20.0 Å². The van der Waals surface area contributed by atoms with Crippen LogP contribution in [0.3, 0.4) is 0 Å². The first-order valence-corrected chi connectivity index (χ1v) is 10.3. The lowest BCUT2D eigenvalue weighted by molar-refractivity contribution is 0.0875. The van der Waals surface area contributed by atoms with Gasteiger partial charge in [-0.3, -0.25) is 4.79 Å². The van der Waals surface area contributed by atoms with Gasteiger partial charge in [-0.05, 0) is 62.4 Å². The van der Waals surface area contributed by atoms with Crippen LogP contribution in [0.2, 0.25) is 0 Å². The van der Waals surface area contributed by atoms with Crippen LogP contribution in [-0.2, 0) is 6.73 Å². The number of carbonyl (C=O) groups excluding carboxylic acids is 1. The number of hydrogen-bond donors (Lipinski definition) is 1. The molecule has 6 nitrogen and oxygen atoms in total. The fraction of sp³-hybridized carbons (Fsp3) is 0.545. The molecular formula is C22H30N4O2. The summed E-state index contributed by atoms with van der Waals surface area (Å²) >= 11 is 0. The van der Waals surface area contributed by atoms with Gasteiger partial charge in [-0.1, -0.05) is 26.0 Å². The predicted molar refractivity (Wildman–Crippen MR) is 108 cm³/mol. The van der Waals surface area contributed by atoms with E-state index >= 15 is 0 Å². The van der Waals surface area contributed by atoms with Gasteiger partial charge in [0, 0.05) is 24.3 Å². The van der Waals surface area contributed by atoms with Crippen molar-refractivity contribution in [3.05, 3.63) is 47.8 Å². The molecule has 2 saturated heterocycles. The number of ether oxygens (including phenoxy) is 1. The molecule has 1 amide bonds. The number of nitrogens with zero attached hydrogens (tertiary/aromatic N) is 3. The number of fused-ring (bicyclic) bond motifs is 2. The Balaban J connectivity index is 1.29. The summed E-state index contributed by atoms with van der Waals surface area (Å²) in [6.45, 7) is 4.62. The molecule has 3 heterocycles. The van der Waals surface area contributed by atoms with Gasteiger partial charge >= 0.3 is 0 Å². The maximum atomic E-state index is 12.6. The van der Waals surface area contributed by atoms with E-state index < -0.39 is 0 Å². The summed E-state index contributed by atoms with van der Waals surface area (Å²) in [6, 6.07) is 11.3. The fourth-order valence-corrected chi connectivity index (χ4v) is 4.43. The molecule has 0 aliphatic carbocycles. The van der Waals surface area contributed by atoms with Gasteiger partial charge in [-0.15, -0.1) is 0 Å². The van der Waals surface area contributed by atoms with Crippen molar-refractivity contribution in [2.75, 3.05) is 7.05 Å². The van der Waals surface area contributed by atoms with Gasteiger partial charge in [0.05, 0.1) is 0 Å². The van der Waals surface area contributed by atoms with Crippen molar-refractivity contribution in [3.8, 4) is 5.75 Å². The Morgan fingerprint density at radius 1 is 1.18 bits per heavy atom. The Hall–Kier alpha value is -2.34. The molecule has 0 spiro atoms. The molecule has 1 N–H and O–H groups in total. The van der Waals surface area contributed by atoms with Gasteiger partial charge in [-0.2, -0.15) is 5.10 Å². The molecule has 2 atom stereocenters. The van der Waals surface area contributed by atoms with Gasteiger partial charge < -0.3 is 15.0 Å². The number of carbonyl (C=O) groups is 1. The highest BCUT2D eigenvalue weighted by atomic mass is 16.5. The third-order valence-corrected chi connectivity index (χ3v) is 6.22. The van der Waals surface area contributed by atoms with E-state index in [2.05, 4.69) is 48.3 Å². The maximum Gasteiger partial charge on any atom is 0.271 e. The smallest absolute Gasteiger partial charge is 0.271 e. The lowest BCUT2D eigenvalue weighted by Gasteiger charge is -2.36. The minimum Gasteiger partial charge on any atom is -0.471 e. The molecule has 28 heavy (non-hydrogen) atoms. The second kappa shape index (κ2) is 7.95. The van der Waals surface area contributed by atoms with E-state index in [9.17, 15) is 4.79 Å². The number of piperidine rings is 1. The highest BCUT2D eigenvalue weighted by Gasteiger charge is 2.38. The van der Waals surface area contributed by atoms with E-state index in [1.807, 2.05) is 12.1 Å². The molecule has 0 radical (unpaired) electrons. The van der Waals surface area contributed by atoms with Gasteiger partial charge in [0.2, 0.25) is 0 Å². The van der Waals surface area contributed by atoms with E-state index in [1.165, 1.54) is 18.4 Å². The largest absolute Gasteiger partial charge is 0.471 e. The summed E-state index contributed by atoms with van der Waals surface area (Å²) in [6.07, 6.45) is 6.36. The van der Waals surface area contributed by atoms with Crippen molar-refractivity contribution >= 4 is 5.91 Å². The second-order valence-electron chi connectivity index (χ2n) is 8.43. The Morgan fingerprint density at radius 3 is 2.50 bits per heavy atom. The molecule has 2 bridgehead atoms. The van der Waals surface area contributed by atoms with Crippen LogP contribution < -0.4 is 10.1 Å². The minimum atomic E-state index is -0.0889. The molecule has 2 aliphatic rings. The van der Waals surface area contributed by atoms with E-state index in [-0.39, 0.29) is 18.7 Å². The Kier molecular flexibility index (Phi) is 5.40. The summed E-state index contributed by atoms with van der Waals surface area (Å²) in [5.74, 6) is 1.21. The molecule has 2 aliphatic heterocycles.